The second-order valence-electron chi connectivity index (χ2n) is 5.12. The number of rotatable bonds is 0. The first-order valence-electron chi connectivity index (χ1n) is 6.87. The lowest BCUT2D eigenvalue weighted by molar-refractivity contribution is 1.53. The molecule has 0 spiro atoms. The van der Waals surface area contributed by atoms with Gasteiger partial charge in [0.15, 0.2) is 0 Å². The normalized spacial score (nSPS) is 11.8. The molecular weight excluding hydrogens is 276 g/mol. The molecule has 0 aliphatic rings. The molecule has 0 aliphatic heterocycles. The average Bonchev–Trinajstić information content (AvgIpc) is 2.92. The van der Waals surface area contributed by atoms with Crippen molar-refractivity contribution in [2.45, 2.75) is 0 Å². The monoisotopic (exact) mass is 286 g/mol. The summed E-state index contributed by atoms with van der Waals surface area (Å²) in [6.45, 7) is 0. The highest BCUT2D eigenvalue weighted by Crippen LogP contribution is 2.34. The third kappa shape index (κ3) is 1.52. The van der Waals surface area contributed by atoms with Gasteiger partial charge in [0.25, 0.3) is 0 Å². The average molecular weight is 286 g/mol. The maximum atomic E-state index is 4.90. The quantitative estimate of drug-likeness (QED) is 0.368. The molecule has 2 aromatic heterocycles. The highest BCUT2D eigenvalue weighted by Gasteiger charge is 2.11. The first-order chi connectivity index (χ1) is 10.4. The molecule has 21 heavy (non-hydrogen) atoms. The van der Waals surface area contributed by atoms with Crippen LogP contribution in [0.2, 0.25) is 0 Å². The van der Waals surface area contributed by atoms with Crippen molar-refractivity contribution in [2.75, 3.05) is 0 Å². The van der Waals surface area contributed by atoms with E-state index in [4.69, 9.17) is 9.97 Å². The lowest BCUT2D eigenvalue weighted by Gasteiger charge is -2.02. The predicted molar refractivity (Wildman–Crippen MR) is 89.9 cm³/mol. The smallest absolute Gasteiger partial charge is 0.0910 e. The molecular formula is C18H10N2S. The van der Waals surface area contributed by atoms with Crippen LogP contribution in [0.15, 0.2) is 60.7 Å². The van der Waals surface area contributed by atoms with Crippen LogP contribution >= 0.6 is 11.3 Å². The molecule has 0 saturated carbocycles. The van der Waals surface area contributed by atoms with Crippen molar-refractivity contribution < 1.29 is 0 Å². The van der Waals surface area contributed by atoms with Crippen molar-refractivity contribution in [3.63, 3.8) is 0 Å². The van der Waals surface area contributed by atoms with Crippen LogP contribution in [0.25, 0.3) is 42.2 Å². The molecule has 5 rings (SSSR count). The molecule has 0 atom stereocenters. The summed E-state index contributed by atoms with van der Waals surface area (Å²) >= 11 is 1.79. The molecule has 0 N–H and O–H groups in total. The molecule has 0 fully saturated rings. The first-order valence-corrected chi connectivity index (χ1v) is 7.68. The predicted octanol–water partition coefficient (Wildman–Crippen LogP) is 5.15. The van der Waals surface area contributed by atoms with E-state index in [1.807, 2.05) is 12.1 Å². The lowest BCUT2D eigenvalue weighted by Crippen LogP contribution is -1.81. The number of para-hydroxylation sites is 2. The summed E-state index contributed by atoms with van der Waals surface area (Å²) in [5, 5.41) is 2.36. The second-order valence-corrected chi connectivity index (χ2v) is 6.20. The molecule has 3 aromatic carbocycles. The topological polar surface area (TPSA) is 25.8 Å². The van der Waals surface area contributed by atoms with Crippen molar-refractivity contribution in [1.29, 1.82) is 0 Å². The van der Waals surface area contributed by atoms with Crippen LogP contribution in [0.4, 0.5) is 0 Å². The minimum Gasteiger partial charge on any atom is -0.248 e. The Morgan fingerprint density at radius 1 is 0.619 bits per heavy atom. The van der Waals surface area contributed by atoms with Crippen LogP contribution in [-0.2, 0) is 0 Å². The van der Waals surface area contributed by atoms with Crippen LogP contribution in [-0.4, -0.2) is 9.97 Å². The van der Waals surface area contributed by atoms with E-state index in [9.17, 15) is 0 Å². The Kier molecular flexibility index (Phi) is 2.12. The van der Waals surface area contributed by atoms with Crippen molar-refractivity contribution in [3.05, 3.63) is 60.7 Å². The molecule has 5 aromatic rings. The van der Waals surface area contributed by atoms with Crippen LogP contribution in [0, 0.1) is 0 Å². The minimum absolute atomic E-state index is 1.03. The second kappa shape index (κ2) is 3.99. The maximum Gasteiger partial charge on any atom is 0.0910 e. The van der Waals surface area contributed by atoms with Gasteiger partial charge in [0.2, 0.25) is 0 Å². The van der Waals surface area contributed by atoms with E-state index >= 15 is 0 Å². The molecule has 2 nitrogen and oxygen atoms in total. The van der Waals surface area contributed by atoms with Gasteiger partial charge in [-0.15, -0.1) is 11.3 Å². The van der Waals surface area contributed by atoms with E-state index in [0.717, 1.165) is 22.1 Å². The third-order valence-electron chi connectivity index (χ3n) is 3.85. The SMILES string of the molecule is c1ccc2sc3ccc4nc5ccccc5c4c3nc2c1. The van der Waals surface area contributed by atoms with Gasteiger partial charge in [-0.25, -0.2) is 9.97 Å². The zero-order valence-electron chi connectivity index (χ0n) is 11.1. The Morgan fingerprint density at radius 3 is 2.38 bits per heavy atom. The van der Waals surface area contributed by atoms with E-state index in [-0.39, 0.29) is 0 Å². The lowest BCUT2D eigenvalue weighted by atomic mass is 10.1. The summed E-state index contributed by atoms with van der Waals surface area (Å²) in [4.78, 5) is 9.61. The summed E-state index contributed by atoms with van der Waals surface area (Å²) in [6.07, 6.45) is 0. The van der Waals surface area contributed by atoms with E-state index in [2.05, 4.69) is 48.5 Å². The highest BCUT2D eigenvalue weighted by atomic mass is 32.1. The van der Waals surface area contributed by atoms with E-state index in [0.29, 0.717) is 0 Å². The highest BCUT2D eigenvalue weighted by molar-refractivity contribution is 7.24. The fourth-order valence-electron chi connectivity index (χ4n) is 2.90. The Morgan fingerprint density at radius 2 is 1.43 bits per heavy atom. The molecule has 0 saturated heterocycles. The Labute approximate surface area is 124 Å². The van der Waals surface area contributed by atoms with Crippen LogP contribution in [0.3, 0.4) is 0 Å². The minimum atomic E-state index is 1.03. The number of aromatic nitrogens is 2. The number of fused-ring (bicyclic) bond motifs is 6. The van der Waals surface area contributed by atoms with Gasteiger partial charge in [-0.1, -0.05) is 30.3 Å². The van der Waals surface area contributed by atoms with Gasteiger partial charge in [0.1, 0.15) is 0 Å². The van der Waals surface area contributed by atoms with E-state index in [1.54, 1.807) is 11.3 Å². The standard InChI is InChI=1S/C18H10N2S/c1-2-6-12-11(5-1)17-14(19-12)9-10-16-18(17)20-13-7-3-4-8-15(13)21-16/h1-10H. The van der Waals surface area contributed by atoms with Crippen LogP contribution in [0.1, 0.15) is 0 Å². The van der Waals surface area contributed by atoms with Gasteiger partial charge < -0.3 is 0 Å². The maximum absolute atomic E-state index is 4.90. The summed E-state index contributed by atoms with van der Waals surface area (Å²) < 4.78 is 2.42. The number of hydrogen-bond acceptors (Lipinski definition) is 3. The summed E-state index contributed by atoms with van der Waals surface area (Å²) in [5.74, 6) is 0. The van der Waals surface area contributed by atoms with Gasteiger partial charge in [0, 0.05) is 10.8 Å². The zero-order chi connectivity index (χ0) is 13.8. The Balaban J connectivity index is 2.09. The van der Waals surface area contributed by atoms with Gasteiger partial charge in [0.05, 0.1) is 31.5 Å². The molecule has 3 heteroatoms. The van der Waals surface area contributed by atoms with Crippen LogP contribution in [0.5, 0.6) is 0 Å². The fourth-order valence-corrected chi connectivity index (χ4v) is 3.88. The van der Waals surface area contributed by atoms with Gasteiger partial charge in [-0.05, 0) is 30.3 Å². The number of benzene rings is 3. The largest absolute Gasteiger partial charge is 0.248 e. The number of nitrogens with zero attached hydrogens (tertiary/aromatic N) is 2. The van der Waals surface area contributed by atoms with Gasteiger partial charge >= 0.3 is 0 Å². The first kappa shape index (κ1) is 11.2. The fraction of sp³-hybridized carbons (Fsp3) is 0. The third-order valence-corrected chi connectivity index (χ3v) is 4.97. The molecule has 0 amide bonds. The zero-order valence-corrected chi connectivity index (χ0v) is 11.9. The van der Waals surface area contributed by atoms with Gasteiger partial charge in [-0.3, -0.25) is 0 Å². The van der Waals surface area contributed by atoms with Gasteiger partial charge in [-0.2, -0.15) is 0 Å². The molecule has 0 unspecified atom stereocenters. The summed E-state index contributed by atoms with van der Waals surface area (Å²) in [7, 11) is 0. The van der Waals surface area contributed by atoms with Crippen molar-refractivity contribution >= 4 is 53.6 Å². The molecule has 0 bridgehead atoms. The van der Waals surface area contributed by atoms with E-state index in [1.165, 1.54) is 20.2 Å². The van der Waals surface area contributed by atoms with E-state index < -0.39 is 0 Å². The van der Waals surface area contributed by atoms with Crippen molar-refractivity contribution in [2.24, 2.45) is 0 Å². The van der Waals surface area contributed by atoms with Crippen LogP contribution < -0.4 is 0 Å². The molecule has 98 valence electrons. The van der Waals surface area contributed by atoms with Crippen molar-refractivity contribution in [3.8, 4) is 0 Å². The summed E-state index contributed by atoms with van der Waals surface area (Å²) in [6, 6.07) is 20.8. The Bertz CT molecular complexity index is 1140. The molecule has 0 aliphatic carbocycles. The summed E-state index contributed by atoms with van der Waals surface area (Å²) in [5.41, 5.74) is 4.18. The molecule has 0 radical (unpaired) electrons. The molecule has 2 heterocycles. The van der Waals surface area contributed by atoms with Crippen molar-refractivity contribution in [1.82, 2.24) is 9.97 Å². The Hall–Kier alpha value is -2.52. The number of hydrogen-bond donors (Lipinski definition) is 0.